The molecule has 1 aromatic carbocycles. The van der Waals surface area contributed by atoms with Crippen LogP contribution in [0.15, 0.2) is 12.1 Å². The monoisotopic (exact) mass is 433 g/mol. The van der Waals surface area contributed by atoms with Gasteiger partial charge in [0.15, 0.2) is 17.6 Å². The summed E-state index contributed by atoms with van der Waals surface area (Å²) >= 11 is 0. The molecule has 0 spiro atoms. The molecular weight excluding hydrogens is 403 g/mol. The second-order valence-electron chi connectivity index (χ2n) is 8.90. The van der Waals surface area contributed by atoms with Gasteiger partial charge in [-0.3, -0.25) is 4.90 Å². The standard InChI is InChI=1S/C21H30F3NO5/c1-20(2,3)30-18-10-25-6-5-12-7-17(29-11-19(27)21(22,23)24)16(28-4)8-13(12)14(25)9-15(18)26/h7-8,14-15,18-19,26-27H,5-6,9-11H2,1-4H3/t14-,15-,18-,19+/m1/s1. The first kappa shape index (κ1) is 23.1. The quantitative estimate of drug-likeness (QED) is 0.744. The van der Waals surface area contributed by atoms with E-state index in [9.17, 15) is 23.4 Å². The lowest BCUT2D eigenvalue weighted by Crippen LogP contribution is -2.53. The number of halogens is 3. The maximum absolute atomic E-state index is 12.6. The van der Waals surface area contributed by atoms with E-state index < -0.39 is 25.0 Å². The van der Waals surface area contributed by atoms with Crippen LogP contribution in [0.1, 0.15) is 44.4 Å². The number of benzene rings is 1. The number of aliphatic hydroxyl groups excluding tert-OH is 2. The van der Waals surface area contributed by atoms with Crippen LogP contribution in [0, 0.1) is 0 Å². The zero-order chi connectivity index (χ0) is 22.3. The van der Waals surface area contributed by atoms with Gasteiger partial charge in [-0.05, 0) is 56.9 Å². The summed E-state index contributed by atoms with van der Waals surface area (Å²) in [5.41, 5.74) is 1.55. The van der Waals surface area contributed by atoms with Crippen molar-refractivity contribution in [1.29, 1.82) is 0 Å². The van der Waals surface area contributed by atoms with Gasteiger partial charge in [-0.15, -0.1) is 0 Å². The fourth-order valence-corrected chi connectivity index (χ4v) is 4.09. The molecule has 0 saturated carbocycles. The average Bonchev–Trinajstić information content (AvgIpc) is 2.64. The molecule has 3 rings (SSSR count). The highest BCUT2D eigenvalue weighted by Crippen LogP contribution is 2.42. The van der Waals surface area contributed by atoms with Crippen molar-refractivity contribution in [2.24, 2.45) is 0 Å². The van der Waals surface area contributed by atoms with Gasteiger partial charge in [0.1, 0.15) is 6.61 Å². The topological polar surface area (TPSA) is 71.4 Å². The molecule has 0 radical (unpaired) electrons. The first-order valence-electron chi connectivity index (χ1n) is 10.1. The van der Waals surface area contributed by atoms with Crippen molar-refractivity contribution in [3.63, 3.8) is 0 Å². The van der Waals surface area contributed by atoms with Crippen molar-refractivity contribution < 1.29 is 37.6 Å². The summed E-state index contributed by atoms with van der Waals surface area (Å²) in [6.07, 6.45) is -7.04. The van der Waals surface area contributed by atoms with Crippen LogP contribution in [-0.2, 0) is 11.2 Å². The second-order valence-corrected chi connectivity index (χ2v) is 8.90. The number of piperidine rings is 1. The van der Waals surface area contributed by atoms with Crippen LogP contribution in [-0.4, -0.2) is 72.0 Å². The number of methoxy groups -OCH3 is 1. The molecule has 30 heavy (non-hydrogen) atoms. The maximum atomic E-state index is 12.6. The molecule has 170 valence electrons. The van der Waals surface area contributed by atoms with Gasteiger partial charge < -0.3 is 24.4 Å². The third-order valence-electron chi connectivity index (χ3n) is 5.48. The lowest BCUT2D eigenvalue weighted by Gasteiger charge is -2.46. The molecule has 0 aliphatic carbocycles. The second kappa shape index (κ2) is 8.53. The lowest BCUT2D eigenvalue weighted by molar-refractivity contribution is -0.210. The molecular formula is C21H30F3NO5. The maximum Gasteiger partial charge on any atom is 0.417 e. The fraction of sp³-hybridized carbons (Fsp3) is 0.714. The van der Waals surface area contributed by atoms with E-state index in [1.165, 1.54) is 7.11 Å². The molecule has 2 aliphatic heterocycles. The zero-order valence-corrected chi connectivity index (χ0v) is 17.7. The molecule has 2 aliphatic rings. The van der Waals surface area contributed by atoms with Crippen molar-refractivity contribution >= 4 is 0 Å². The van der Waals surface area contributed by atoms with Gasteiger partial charge in [0, 0.05) is 19.1 Å². The highest BCUT2D eigenvalue weighted by Gasteiger charge is 2.41. The number of hydrogen-bond donors (Lipinski definition) is 2. The van der Waals surface area contributed by atoms with Crippen molar-refractivity contribution in [2.45, 2.75) is 69.7 Å². The van der Waals surface area contributed by atoms with Crippen LogP contribution in [0.25, 0.3) is 0 Å². The number of rotatable bonds is 5. The number of nitrogens with zero attached hydrogens (tertiary/aromatic N) is 1. The Morgan fingerprint density at radius 3 is 2.50 bits per heavy atom. The third kappa shape index (κ3) is 5.19. The van der Waals surface area contributed by atoms with Crippen LogP contribution in [0.3, 0.4) is 0 Å². The average molecular weight is 433 g/mol. The first-order valence-corrected chi connectivity index (χ1v) is 10.1. The van der Waals surface area contributed by atoms with Gasteiger partial charge in [0.05, 0.1) is 24.9 Å². The largest absolute Gasteiger partial charge is 0.493 e. The Hall–Kier alpha value is -1.55. The van der Waals surface area contributed by atoms with Crippen molar-refractivity contribution in [1.82, 2.24) is 4.90 Å². The van der Waals surface area contributed by atoms with Crippen LogP contribution in [0.2, 0.25) is 0 Å². The minimum Gasteiger partial charge on any atom is -0.493 e. The molecule has 2 N–H and O–H groups in total. The Morgan fingerprint density at radius 2 is 1.90 bits per heavy atom. The predicted octanol–water partition coefficient (Wildman–Crippen LogP) is 2.84. The number of hydrogen-bond acceptors (Lipinski definition) is 6. The molecule has 2 heterocycles. The Balaban J connectivity index is 1.79. The molecule has 0 bridgehead atoms. The Bertz CT molecular complexity index is 749. The van der Waals surface area contributed by atoms with E-state index in [4.69, 9.17) is 14.2 Å². The van der Waals surface area contributed by atoms with Gasteiger partial charge in [0.25, 0.3) is 0 Å². The van der Waals surface area contributed by atoms with Crippen molar-refractivity contribution in [3.8, 4) is 11.5 Å². The van der Waals surface area contributed by atoms with Crippen LogP contribution in [0.5, 0.6) is 11.5 Å². The van der Waals surface area contributed by atoms with Gasteiger partial charge in [-0.2, -0.15) is 13.2 Å². The van der Waals surface area contributed by atoms with Gasteiger partial charge in [-0.25, -0.2) is 0 Å². The van der Waals surface area contributed by atoms with Crippen LogP contribution in [0.4, 0.5) is 13.2 Å². The molecule has 1 fully saturated rings. The SMILES string of the molecule is COc1cc2c(cc1OC[C@H](O)C(F)(F)F)CCN1C[C@@H](OC(C)(C)C)[C@H](O)C[C@H]21. The van der Waals surface area contributed by atoms with Crippen LogP contribution >= 0.6 is 0 Å². The summed E-state index contributed by atoms with van der Waals surface area (Å²) in [6, 6.07) is 3.41. The number of alkyl halides is 3. The highest BCUT2D eigenvalue weighted by atomic mass is 19.4. The van der Waals surface area contributed by atoms with E-state index in [0.717, 1.165) is 17.7 Å². The van der Waals surface area contributed by atoms with E-state index in [0.29, 0.717) is 25.1 Å². The molecule has 1 saturated heterocycles. The van der Waals surface area contributed by atoms with E-state index in [1.807, 2.05) is 20.8 Å². The smallest absolute Gasteiger partial charge is 0.417 e. The Labute approximate surface area is 174 Å². The zero-order valence-electron chi connectivity index (χ0n) is 17.7. The molecule has 0 aromatic heterocycles. The number of fused-ring (bicyclic) bond motifs is 3. The van der Waals surface area contributed by atoms with Gasteiger partial charge in [-0.1, -0.05) is 0 Å². The molecule has 9 heteroatoms. The van der Waals surface area contributed by atoms with Crippen LogP contribution < -0.4 is 9.47 Å². The number of ether oxygens (including phenoxy) is 3. The highest BCUT2D eigenvalue weighted by molar-refractivity contribution is 5.49. The van der Waals surface area contributed by atoms with Gasteiger partial charge >= 0.3 is 6.18 Å². The lowest BCUT2D eigenvalue weighted by atomic mass is 9.84. The summed E-state index contributed by atoms with van der Waals surface area (Å²) in [5, 5.41) is 19.9. The molecule has 0 amide bonds. The first-order chi connectivity index (χ1) is 13.9. The number of aliphatic hydroxyl groups is 2. The Kier molecular flexibility index (Phi) is 6.57. The molecule has 1 aromatic rings. The van der Waals surface area contributed by atoms with E-state index in [-0.39, 0.29) is 23.5 Å². The van der Waals surface area contributed by atoms with E-state index in [1.54, 1.807) is 12.1 Å². The fourth-order valence-electron chi connectivity index (χ4n) is 4.09. The van der Waals surface area contributed by atoms with E-state index >= 15 is 0 Å². The van der Waals surface area contributed by atoms with Crippen molar-refractivity contribution in [2.75, 3.05) is 26.8 Å². The normalized spacial score (nSPS) is 26.0. The molecule has 4 atom stereocenters. The summed E-state index contributed by atoms with van der Waals surface area (Å²) in [4.78, 5) is 2.26. The minimum atomic E-state index is -4.74. The third-order valence-corrected chi connectivity index (χ3v) is 5.48. The van der Waals surface area contributed by atoms with Crippen molar-refractivity contribution in [3.05, 3.63) is 23.3 Å². The Morgan fingerprint density at radius 1 is 1.20 bits per heavy atom. The molecule has 6 nitrogen and oxygen atoms in total. The minimum absolute atomic E-state index is 0.0349. The summed E-state index contributed by atoms with van der Waals surface area (Å²) < 4.78 is 54.3. The predicted molar refractivity (Wildman–Crippen MR) is 104 cm³/mol. The summed E-state index contributed by atoms with van der Waals surface area (Å²) in [7, 11) is 1.41. The van der Waals surface area contributed by atoms with E-state index in [2.05, 4.69) is 4.90 Å². The summed E-state index contributed by atoms with van der Waals surface area (Å²) in [5.74, 6) is 0.464. The molecule has 0 unspecified atom stereocenters. The van der Waals surface area contributed by atoms with Gasteiger partial charge in [0.2, 0.25) is 0 Å². The summed E-state index contributed by atoms with van der Waals surface area (Å²) in [6.45, 7) is 6.31.